The Bertz CT molecular complexity index is 711. The van der Waals surface area contributed by atoms with E-state index in [0.29, 0.717) is 27.6 Å². The fraction of sp³-hybridized carbons (Fsp3) is 0.412. The molecule has 26 heavy (non-hydrogen) atoms. The molecular weight excluding hydrogens is 356 g/mol. The van der Waals surface area contributed by atoms with Gasteiger partial charge in [0.25, 0.3) is 5.91 Å². The van der Waals surface area contributed by atoms with Crippen LogP contribution < -0.4 is 21.5 Å². The number of aliphatic hydroxyl groups is 2. The SMILES string of the molecule is CN=C(C(=O)NC(C)(CO)CO)c1cc(OC/C(S)=C(\C)N)ccc1N. The van der Waals surface area contributed by atoms with Gasteiger partial charge >= 0.3 is 0 Å². The van der Waals surface area contributed by atoms with Gasteiger partial charge in [0.1, 0.15) is 18.1 Å². The van der Waals surface area contributed by atoms with E-state index in [0.717, 1.165) is 0 Å². The van der Waals surface area contributed by atoms with Crippen molar-refractivity contribution in [1.29, 1.82) is 0 Å². The Hall–Kier alpha value is -2.23. The molecule has 0 aliphatic carbocycles. The summed E-state index contributed by atoms with van der Waals surface area (Å²) >= 11 is 4.23. The molecular formula is C17H26N4O4S. The van der Waals surface area contributed by atoms with Crippen molar-refractivity contribution in [2.45, 2.75) is 19.4 Å². The number of aliphatic imine (C=N–C) groups is 1. The van der Waals surface area contributed by atoms with Crippen LogP contribution in [-0.4, -0.2) is 54.2 Å². The Morgan fingerprint density at radius 3 is 2.50 bits per heavy atom. The summed E-state index contributed by atoms with van der Waals surface area (Å²) in [5, 5.41) is 21.2. The van der Waals surface area contributed by atoms with Crippen LogP contribution >= 0.6 is 12.6 Å². The fourth-order valence-corrected chi connectivity index (χ4v) is 1.97. The second kappa shape index (κ2) is 9.46. The van der Waals surface area contributed by atoms with E-state index in [-0.39, 0.29) is 12.3 Å². The molecule has 7 N–H and O–H groups in total. The number of thiol groups is 1. The first kappa shape index (κ1) is 21.8. The lowest BCUT2D eigenvalue weighted by molar-refractivity contribution is -0.117. The molecule has 144 valence electrons. The number of ether oxygens (including phenoxy) is 1. The molecule has 0 spiro atoms. The highest BCUT2D eigenvalue weighted by Gasteiger charge is 2.28. The molecule has 0 radical (unpaired) electrons. The Morgan fingerprint density at radius 2 is 2.00 bits per heavy atom. The number of carbonyl (C=O) groups excluding carboxylic acids is 1. The Labute approximate surface area is 158 Å². The number of rotatable bonds is 8. The molecule has 0 aliphatic rings. The Morgan fingerprint density at radius 1 is 1.38 bits per heavy atom. The van der Waals surface area contributed by atoms with Gasteiger partial charge in [-0.1, -0.05) is 0 Å². The number of nitrogen functional groups attached to an aromatic ring is 1. The minimum absolute atomic E-state index is 0.0534. The average Bonchev–Trinajstić information content (AvgIpc) is 2.62. The van der Waals surface area contributed by atoms with Crippen molar-refractivity contribution in [3.05, 3.63) is 34.4 Å². The van der Waals surface area contributed by atoms with Crippen LogP contribution in [0, 0.1) is 0 Å². The summed E-state index contributed by atoms with van der Waals surface area (Å²) in [6, 6.07) is 4.83. The fourth-order valence-electron chi connectivity index (χ4n) is 1.90. The van der Waals surface area contributed by atoms with Gasteiger partial charge in [-0.3, -0.25) is 9.79 Å². The lowest BCUT2D eigenvalue weighted by Gasteiger charge is -2.26. The van der Waals surface area contributed by atoms with Gasteiger partial charge in [-0.15, -0.1) is 12.6 Å². The van der Waals surface area contributed by atoms with Gasteiger partial charge in [-0.25, -0.2) is 0 Å². The highest BCUT2D eigenvalue weighted by Crippen LogP contribution is 2.22. The van der Waals surface area contributed by atoms with Crippen molar-refractivity contribution in [1.82, 2.24) is 5.32 Å². The van der Waals surface area contributed by atoms with E-state index >= 15 is 0 Å². The number of nitrogens with one attached hydrogen (secondary N) is 1. The molecule has 0 aromatic heterocycles. The average molecular weight is 382 g/mol. The number of anilines is 1. The minimum atomic E-state index is -1.18. The number of amides is 1. The third-order valence-electron chi connectivity index (χ3n) is 3.66. The highest BCUT2D eigenvalue weighted by atomic mass is 32.1. The smallest absolute Gasteiger partial charge is 0.270 e. The zero-order valence-corrected chi connectivity index (χ0v) is 16.0. The molecule has 0 bridgehead atoms. The van der Waals surface area contributed by atoms with Crippen LogP contribution in [0.2, 0.25) is 0 Å². The molecule has 0 atom stereocenters. The standard InChI is InChI=1S/C17H26N4O4S/c1-10(18)14(26)7-25-11-4-5-13(19)12(6-11)15(20-3)16(24)21-17(2,8-22)9-23/h4-6,22-23,26H,7-9,18-19H2,1-3H3,(H,21,24)/b14-10-,20-15?. The molecule has 0 aliphatic heterocycles. The van der Waals surface area contributed by atoms with Crippen LogP contribution in [0.15, 0.2) is 33.8 Å². The quantitative estimate of drug-likeness (QED) is 0.213. The summed E-state index contributed by atoms with van der Waals surface area (Å²) in [4.78, 5) is 17.1. The molecule has 9 heteroatoms. The van der Waals surface area contributed by atoms with Crippen molar-refractivity contribution in [3.63, 3.8) is 0 Å². The summed E-state index contributed by atoms with van der Waals surface area (Å²) in [6.07, 6.45) is 0. The largest absolute Gasteiger partial charge is 0.488 e. The van der Waals surface area contributed by atoms with E-state index in [1.54, 1.807) is 25.1 Å². The second-order valence-corrected chi connectivity index (χ2v) is 6.61. The molecule has 1 amide bonds. The molecule has 1 aromatic rings. The summed E-state index contributed by atoms with van der Waals surface area (Å²) in [7, 11) is 1.45. The lowest BCUT2D eigenvalue weighted by atomic mass is 10.0. The highest BCUT2D eigenvalue weighted by molar-refractivity contribution is 7.84. The van der Waals surface area contributed by atoms with E-state index in [9.17, 15) is 15.0 Å². The van der Waals surface area contributed by atoms with E-state index in [4.69, 9.17) is 16.2 Å². The van der Waals surface area contributed by atoms with Crippen LogP contribution in [0.25, 0.3) is 0 Å². The van der Waals surface area contributed by atoms with Crippen molar-refractivity contribution < 1.29 is 19.7 Å². The van der Waals surface area contributed by atoms with Crippen LogP contribution in [0.3, 0.4) is 0 Å². The maximum atomic E-state index is 12.5. The predicted octanol–water partition coefficient (Wildman–Crippen LogP) is 0.0460. The van der Waals surface area contributed by atoms with Crippen molar-refractivity contribution in [3.8, 4) is 5.75 Å². The number of aliphatic hydroxyl groups excluding tert-OH is 2. The first-order valence-electron chi connectivity index (χ1n) is 7.85. The molecule has 8 nitrogen and oxygen atoms in total. The normalized spacial score (nSPS) is 13.2. The van der Waals surface area contributed by atoms with Gasteiger partial charge in [0.05, 0.1) is 18.8 Å². The van der Waals surface area contributed by atoms with Gasteiger partial charge in [0, 0.05) is 28.9 Å². The van der Waals surface area contributed by atoms with Gasteiger partial charge < -0.3 is 31.7 Å². The number of nitrogens with zero attached hydrogens (tertiary/aromatic N) is 1. The Balaban J connectivity index is 3.09. The number of benzene rings is 1. The van der Waals surface area contributed by atoms with Gasteiger partial charge in [-0.05, 0) is 32.0 Å². The predicted molar refractivity (Wildman–Crippen MR) is 105 cm³/mol. The monoisotopic (exact) mass is 382 g/mol. The molecule has 1 rings (SSSR count). The van der Waals surface area contributed by atoms with E-state index < -0.39 is 24.7 Å². The lowest BCUT2D eigenvalue weighted by Crippen LogP contribution is -2.53. The van der Waals surface area contributed by atoms with Crippen molar-refractivity contribution >= 4 is 29.9 Å². The van der Waals surface area contributed by atoms with Gasteiger partial charge in [-0.2, -0.15) is 0 Å². The second-order valence-electron chi connectivity index (χ2n) is 6.07. The number of allylic oxidation sites excluding steroid dienone is 1. The van der Waals surface area contributed by atoms with Crippen LogP contribution in [-0.2, 0) is 4.79 Å². The molecule has 0 fully saturated rings. The molecule has 0 heterocycles. The summed E-state index contributed by atoms with van der Waals surface area (Å²) in [5.41, 5.74) is 11.7. The minimum Gasteiger partial charge on any atom is -0.488 e. The number of hydrogen-bond donors (Lipinski definition) is 6. The van der Waals surface area contributed by atoms with Gasteiger partial charge in [0.2, 0.25) is 0 Å². The maximum absolute atomic E-state index is 12.5. The summed E-state index contributed by atoms with van der Waals surface area (Å²) in [6.45, 7) is 2.54. The number of hydrogen-bond acceptors (Lipinski definition) is 8. The van der Waals surface area contributed by atoms with Crippen molar-refractivity contribution in [2.75, 3.05) is 32.6 Å². The molecule has 0 saturated carbocycles. The number of nitrogens with two attached hydrogens (primary N) is 2. The van der Waals surface area contributed by atoms with Crippen molar-refractivity contribution in [2.24, 2.45) is 10.7 Å². The topological polar surface area (TPSA) is 143 Å². The van der Waals surface area contributed by atoms with Crippen LogP contribution in [0.1, 0.15) is 19.4 Å². The zero-order chi connectivity index (χ0) is 19.9. The first-order valence-corrected chi connectivity index (χ1v) is 8.30. The van der Waals surface area contributed by atoms with Crippen LogP contribution in [0.5, 0.6) is 5.75 Å². The summed E-state index contributed by atoms with van der Waals surface area (Å²) in [5.74, 6) is -0.113. The number of carbonyl (C=O) groups is 1. The zero-order valence-electron chi connectivity index (χ0n) is 15.1. The summed E-state index contributed by atoms with van der Waals surface area (Å²) < 4.78 is 5.61. The van der Waals surface area contributed by atoms with Gasteiger partial charge in [0.15, 0.2) is 0 Å². The third-order valence-corrected chi connectivity index (χ3v) is 4.14. The maximum Gasteiger partial charge on any atom is 0.270 e. The van der Waals surface area contributed by atoms with E-state index in [1.807, 2.05) is 0 Å². The molecule has 1 aromatic carbocycles. The van der Waals surface area contributed by atoms with E-state index in [2.05, 4.69) is 22.9 Å². The first-order chi connectivity index (χ1) is 12.2. The third kappa shape index (κ3) is 5.65. The Kier molecular flexibility index (Phi) is 7.94. The van der Waals surface area contributed by atoms with E-state index in [1.165, 1.54) is 14.0 Å². The van der Waals surface area contributed by atoms with Crippen LogP contribution in [0.4, 0.5) is 5.69 Å². The molecule has 0 saturated heterocycles. The molecule has 0 unspecified atom stereocenters.